The number of piperazine rings is 1. The fourth-order valence-corrected chi connectivity index (χ4v) is 3.74. The quantitative estimate of drug-likeness (QED) is 0.318. The molecule has 15 heteroatoms. The molecular formula is C22H30F3N9O3. The van der Waals surface area contributed by atoms with Crippen LogP contribution in [0.2, 0.25) is 0 Å². The number of anilines is 3. The van der Waals surface area contributed by atoms with Crippen molar-refractivity contribution in [2.75, 3.05) is 69.4 Å². The highest BCUT2D eigenvalue weighted by molar-refractivity contribution is 5.90. The number of hydrogen-bond donors (Lipinski definition) is 2. The molecule has 4 rings (SSSR count). The number of hydrogen-bond acceptors (Lipinski definition) is 11. The molecule has 0 atom stereocenters. The summed E-state index contributed by atoms with van der Waals surface area (Å²) in [5.41, 5.74) is 1.58. The number of halogens is 3. The largest absolute Gasteiger partial charge is 0.411 e. The van der Waals surface area contributed by atoms with E-state index < -0.39 is 12.8 Å². The number of alkyl halides is 3. The van der Waals surface area contributed by atoms with Crippen molar-refractivity contribution in [2.24, 2.45) is 0 Å². The zero-order chi connectivity index (χ0) is 26.1. The first kappa shape index (κ1) is 26.9. The SMILES string of the molecule is CCOCCOCc1nn(CCOCC(F)(F)F)c2c(Nc3ccncn3)nc(N3CCNCC3)nc12. The summed E-state index contributed by atoms with van der Waals surface area (Å²) in [5, 5.41) is 11.1. The summed E-state index contributed by atoms with van der Waals surface area (Å²) in [6.45, 7) is 4.96. The van der Waals surface area contributed by atoms with Gasteiger partial charge in [-0.15, -0.1) is 0 Å². The van der Waals surface area contributed by atoms with Gasteiger partial charge in [0.2, 0.25) is 5.95 Å². The van der Waals surface area contributed by atoms with Gasteiger partial charge >= 0.3 is 6.18 Å². The Morgan fingerprint density at radius 2 is 1.89 bits per heavy atom. The van der Waals surface area contributed by atoms with Crippen LogP contribution in [0.15, 0.2) is 18.6 Å². The molecule has 0 amide bonds. The molecule has 37 heavy (non-hydrogen) atoms. The summed E-state index contributed by atoms with van der Waals surface area (Å²) in [4.78, 5) is 19.8. The maximum absolute atomic E-state index is 12.6. The Bertz CT molecular complexity index is 1130. The van der Waals surface area contributed by atoms with Crippen LogP contribution in [-0.2, 0) is 27.4 Å². The van der Waals surface area contributed by atoms with Crippen molar-refractivity contribution in [3.05, 3.63) is 24.3 Å². The van der Waals surface area contributed by atoms with Crippen LogP contribution < -0.4 is 15.5 Å². The van der Waals surface area contributed by atoms with Gasteiger partial charge in [0.15, 0.2) is 5.82 Å². The molecule has 3 aromatic rings. The number of fused-ring (bicyclic) bond motifs is 1. The Morgan fingerprint density at radius 1 is 1.08 bits per heavy atom. The van der Waals surface area contributed by atoms with Gasteiger partial charge in [-0.1, -0.05) is 0 Å². The number of nitrogens with zero attached hydrogens (tertiary/aromatic N) is 7. The third-order valence-electron chi connectivity index (χ3n) is 5.40. The van der Waals surface area contributed by atoms with Gasteiger partial charge in [-0.2, -0.15) is 23.3 Å². The van der Waals surface area contributed by atoms with Gasteiger partial charge in [-0.3, -0.25) is 4.68 Å². The standard InChI is InChI=1S/C22H30F3N9O3/c1-2-35-11-12-36-13-16-18-19(34(32-16)9-10-37-14-22(23,24)25)20(29-17-3-4-27-15-28-17)31-21(30-18)33-7-5-26-6-8-33/h3-4,15,26H,2,5-14H2,1H3,(H,27,28,29,30,31). The maximum Gasteiger partial charge on any atom is 0.411 e. The van der Waals surface area contributed by atoms with E-state index in [0.29, 0.717) is 54.1 Å². The molecule has 1 aliphatic heterocycles. The predicted molar refractivity (Wildman–Crippen MR) is 129 cm³/mol. The van der Waals surface area contributed by atoms with E-state index in [0.717, 1.165) is 26.2 Å². The average Bonchev–Trinajstić information content (AvgIpc) is 3.25. The Kier molecular flexibility index (Phi) is 9.38. The zero-order valence-electron chi connectivity index (χ0n) is 20.5. The smallest absolute Gasteiger partial charge is 0.379 e. The highest BCUT2D eigenvalue weighted by Crippen LogP contribution is 2.29. The molecule has 1 aliphatic rings. The summed E-state index contributed by atoms with van der Waals surface area (Å²) in [6.07, 6.45) is -1.42. The molecule has 0 spiro atoms. The van der Waals surface area contributed by atoms with Crippen LogP contribution in [0.1, 0.15) is 12.6 Å². The van der Waals surface area contributed by atoms with Crippen LogP contribution in [0.4, 0.5) is 30.8 Å². The first-order chi connectivity index (χ1) is 17.9. The monoisotopic (exact) mass is 525 g/mol. The Hall–Kier alpha value is -3.14. The van der Waals surface area contributed by atoms with Crippen LogP contribution in [0.25, 0.3) is 11.0 Å². The normalized spacial score (nSPS) is 14.4. The summed E-state index contributed by atoms with van der Waals surface area (Å²) in [6, 6.07) is 1.68. The van der Waals surface area contributed by atoms with Gasteiger partial charge in [0.25, 0.3) is 0 Å². The Labute approximate surface area is 211 Å². The van der Waals surface area contributed by atoms with E-state index in [2.05, 4.69) is 30.6 Å². The molecule has 0 aromatic carbocycles. The van der Waals surface area contributed by atoms with Crippen LogP contribution in [0.3, 0.4) is 0 Å². The number of nitrogens with one attached hydrogen (secondary N) is 2. The van der Waals surface area contributed by atoms with E-state index >= 15 is 0 Å². The molecule has 1 fully saturated rings. The van der Waals surface area contributed by atoms with E-state index in [1.54, 1.807) is 12.3 Å². The third-order valence-corrected chi connectivity index (χ3v) is 5.40. The topological polar surface area (TPSA) is 124 Å². The zero-order valence-corrected chi connectivity index (χ0v) is 20.5. The van der Waals surface area contributed by atoms with Gasteiger partial charge in [0.1, 0.15) is 35.5 Å². The van der Waals surface area contributed by atoms with Crippen LogP contribution in [-0.4, -0.2) is 95.1 Å². The molecule has 12 nitrogen and oxygen atoms in total. The molecular weight excluding hydrogens is 495 g/mol. The Balaban J connectivity index is 1.69. The molecule has 4 heterocycles. The minimum absolute atomic E-state index is 0.0559. The summed E-state index contributed by atoms with van der Waals surface area (Å²) < 4.78 is 55.2. The minimum atomic E-state index is -4.41. The highest BCUT2D eigenvalue weighted by Gasteiger charge is 2.28. The van der Waals surface area contributed by atoms with Gasteiger partial charge < -0.3 is 29.7 Å². The van der Waals surface area contributed by atoms with E-state index in [9.17, 15) is 13.2 Å². The van der Waals surface area contributed by atoms with Gasteiger partial charge in [0.05, 0.1) is 33.0 Å². The molecule has 2 N–H and O–H groups in total. The van der Waals surface area contributed by atoms with Gasteiger partial charge in [0, 0.05) is 39.0 Å². The maximum atomic E-state index is 12.6. The molecule has 1 saturated heterocycles. The average molecular weight is 526 g/mol. The summed E-state index contributed by atoms with van der Waals surface area (Å²) in [7, 11) is 0. The van der Waals surface area contributed by atoms with Crippen molar-refractivity contribution in [2.45, 2.75) is 26.3 Å². The number of ether oxygens (including phenoxy) is 3. The van der Waals surface area contributed by atoms with E-state index in [1.807, 2.05) is 6.92 Å². The first-order valence-electron chi connectivity index (χ1n) is 12.0. The summed E-state index contributed by atoms with van der Waals surface area (Å²) in [5.74, 6) is 1.42. The van der Waals surface area contributed by atoms with Crippen molar-refractivity contribution in [3.8, 4) is 0 Å². The van der Waals surface area contributed by atoms with E-state index in [1.165, 1.54) is 11.0 Å². The molecule has 0 bridgehead atoms. The molecule has 202 valence electrons. The second-order valence-corrected chi connectivity index (χ2v) is 8.11. The van der Waals surface area contributed by atoms with Crippen molar-refractivity contribution in [1.82, 2.24) is 35.0 Å². The molecule has 0 unspecified atom stereocenters. The highest BCUT2D eigenvalue weighted by atomic mass is 19.4. The second-order valence-electron chi connectivity index (χ2n) is 8.11. The lowest BCUT2D eigenvalue weighted by Crippen LogP contribution is -2.44. The van der Waals surface area contributed by atoms with E-state index in [-0.39, 0.29) is 19.8 Å². The second kappa shape index (κ2) is 12.9. The van der Waals surface area contributed by atoms with Crippen LogP contribution >= 0.6 is 0 Å². The minimum Gasteiger partial charge on any atom is -0.379 e. The van der Waals surface area contributed by atoms with Gasteiger partial charge in [-0.25, -0.2) is 15.0 Å². The summed E-state index contributed by atoms with van der Waals surface area (Å²) >= 11 is 0. The van der Waals surface area contributed by atoms with Crippen molar-refractivity contribution < 1.29 is 27.4 Å². The fraction of sp³-hybridized carbons (Fsp3) is 0.591. The number of aromatic nitrogens is 6. The molecule has 0 aliphatic carbocycles. The molecule has 0 radical (unpaired) electrons. The fourth-order valence-electron chi connectivity index (χ4n) is 3.74. The van der Waals surface area contributed by atoms with Crippen molar-refractivity contribution in [3.63, 3.8) is 0 Å². The van der Waals surface area contributed by atoms with Crippen molar-refractivity contribution >= 4 is 28.6 Å². The third kappa shape index (κ3) is 7.67. The van der Waals surface area contributed by atoms with E-state index in [4.69, 9.17) is 24.2 Å². The van der Waals surface area contributed by atoms with Gasteiger partial charge in [-0.05, 0) is 13.0 Å². The Morgan fingerprint density at radius 3 is 2.62 bits per heavy atom. The van der Waals surface area contributed by atoms with Crippen LogP contribution in [0.5, 0.6) is 0 Å². The lowest BCUT2D eigenvalue weighted by molar-refractivity contribution is -0.174. The molecule has 0 saturated carbocycles. The predicted octanol–water partition coefficient (Wildman–Crippen LogP) is 1.90. The number of rotatable bonds is 13. The lowest BCUT2D eigenvalue weighted by Gasteiger charge is -2.27. The first-order valence-corrected chi connectivity index (χ1v) is 12.0. The lowest BCUT2D eigenvalue weighted by atomic mass is 10.3. The molecule has 3 aromatic heterocycles. The van der Waals surface area contributed by atoms with Crippen molar-refractivity contribution in [1.29, 1.82) is 0 Å². The van der Waals surface area contributed by atoms with Crippen LogP contribution in [0, 0.1) is 0 Å².